The van der Waals surface area contributed by atoms with Gasteiger partial charge < -0.3 is 10.5 Å². The highest BCUT2D eigenvalue weighted by molar-refractivity contribution is 9.10. The van der Waals surface area contributed by atoms with E-state index in [-0.39, 0.29) is 33.0 Å². The van der Waals surface area contributed by atoms with Crippen molar-refractivity contribution in [2.75, 3.05) is 5.73 Å². The highest BCUT2D eigenvalue weighted by Crippen LogP contribution is 2.40. The molecule has 0 spiro atoms. The molecule has 0 aliphatic rings. The summed E-state index contributed by atoms with van der Waals surface area (Å²) >= 11 is 15.1. The topological polar surface area (TPSA) is 91.3 Å². The Morgan fingerprint density at radius 1 is 1.30 bits per heavy atom. The van der Waals surface area contributed by atoms with Crippen molar-refractivity contribution in [1.29, 1.82) is 0 Å². The van der Waals surface area contributed by atoms with Crippen LogP contribution in [0.25, 0.3) is 0 Å². The van der Waals surface area contributed by atoms with Gasteiger partial charge >= 0.3 is 0 Å². The number of ether oxygens (including phenoxy) is 1. The highest BCUT2D eigenvalue weighted by atomic mass is 79.9. The predicted octanol–water partition coefficient (Wildman–Crippen LogP) is 4.43. The molecule has 0 radical (unpaired) electrons. The van der Waals surface area contributed by atoms with Gasteiger partial charge in [-0.15, -0.1) is 0 Å². The minimum absolute atomic E-state index is 0.00619. The number of hydrogen-bond donors (Lipinski definition) is 1. The van der Waals surface area contributed by atoms with Crippen LogP contribution >= 0.6 is 39.1 Å². The minimum Gasteiger partial charge on any atom is -0.434 e. The zero-order valence-corrected chi connectivity index (χ0v) is 12.7. The molecule has 1 aromatic carbocycles. The lowest BCUT2D eigenvalue weighted by Gasteiger charge is -2.10. The van der Waals surface area contributed by atoms with Gasteiger partial charge in [-0.3, -0.25) is 10.1 Å². The number of halogens is 3. The second kappa shape index (κ2) is 5.82. The van der Waals surface area contributed by atoms with Gasteiger partial charge in [0.2, 0.25) is 5.88 Å². The number of benzene rings is 1. The van der Waals surface area contributed by atoms with Crippen molar-refractivity contribution >= 4 is 50.5 Å². The first-order chi connectivity index (χ1) is 9.38. The average molecular weight is 379 g/mol. The monoisotopic (exact) mass is 377 g/mol. The Morgan fingerprint density at radius 2 is 1.90 bits per heavy atom. The normalized spacial score (nSPS) is 10.3. The Bertz CT molecular complexity index is 674. The van der Waals surface area contributed by atoms with E-state index in [0.717, 1.165) is 12.1 Å². The maximum absolute atomic E-state index is 10.7. The van der Waals surface area contributed by atoms with Gasteiger partial charge in [-0.1, -0.05) is 23.2 Å². The van der Waals surface area contributed by atoms with Gasteiger partial charge in [0.25, 0.3) is 5.69 Å². The van der Waals surface area contributed by atoms with Gasteiger partial charge in [0.15, 0.2) is 5.75 Å². The number of nitrogens with two attached hydrogens (primary N) is 1. The quantitative estimate of drug-likeness (QED) is 0.629. The number of hydrogen-bond acceptors (Lipinski definition) is 5. The third-order valence-corrected chi connectivity index (χ3v) is 3.23. The third-order valence-electron chi connectivity index (χ3n) is 2.24. The van der Waals surface area contributed by atoms with E-state index in [1.807, 2.05) is 0 Å². The Kier molecular flexibility index (Phi) is 4.32. The number of aromatic nitrogens is 1. The number of anilines is 1. The van der Waals surface area contributed by atoms with Crippen molar-refractivity contribution in [2.45, 2.75) is 0 Å². The molecule has 0 unspecified atom stereocenters. The predicted molar refractivity (Wildman–Crippen MR) is 79.5 cm³/mol. The zero-order chi connectivity index (χ0) is 14.9. The summed E-state index contributed by atoms with van der Waals surface area (Å²) in [5, 5.41) is 10.7. The van der Waals surface area contributed by atoms with Crippen LogP contribution in [0.1, 0.15) is 0 Å². The summed E-state index contributed by atoms with van der Waals surface area (Å²) in [6, 6.07) is 3.87. The molecule has 1 heterocycles. The molecule has 6 nitrogen and oxygen atoms in total. The third kappa shape index (κ3) is 3.12. The Balaban J connectivity index is 2.41. The first-order valence-electron chi connectivity index (χ1n) is 5.11. The molecular weight excluding hydrogens is 373 g/mol. The molecule has 104 valence electrons. The standard InChI is InChI=1S/C11H6BrCl2N3O3/c12-5-1-9(15)11(16-4-5)20-10-7(13)2-6(17(18)19)3-8(10)14/h1-4H,15H2. The van der Waals surface area contributed by atoms with Crippen molar-refractivity contribution in [2.24, 2.45) is 0 Å². The molecule has 2 aromatic rings. The average Bonchev–Trinajstić information content (AvgIpc) is 2.35. The lowest BCUT2D eigenvalue weighted by atomic mass is 10.3. The highest BCUT2D eigenvalue weighted by Gasteiger charge is 2.17. The minimum atomic E-state index is -0.603. The number of nitro benzene ring substituents is 1. The van der Waals surface area contributed by atoms with Gasteiger partial charge in [0.1, 0.15) is 0 Å². The Morgan fingerprint density at radius 3 is 2.40 bits per heavy atom. The Hall–Kier alpha value is -1.57. The van der Waals surface area contributed by atoms with Crippen LogP contribution in [0.5, 0.6) is 11.6 Å². The fourth-order valence-electron chi connectivity index (χ4n) is 1.37. The second-order valence-corrected chi connectivity index (χ2v) is 5.38. The molecule has 0 saturated carbocycles. The summed E-state index contributed by atoms with van der Waals surface area (Å²) < 4.78 is 6.10. The van der Waals surface area contributed by atoms with E-state index in [1.165, 1.54) is 6.20 Å². The molecule has 9 heteroatoms. The van der Waals surface area contributed by atoms with Crippen LogP contribution in [0.15, 0.2) is 28.9 Å². The molecule has 0 amide bonds. The molecule has 0 fully saturated rings. The van der Waals surface area contributed by atoms with Crippen LogP contribution < -0.4 is 10.5 Å². The van der Waals surface area contributed by atoms with E-state index in [1.54, 1.807) is 6.07 Å². The van der Waals surface area contributed by atoms with E-state index < -0.39 is 4.92 Å². The molecule has 2 rings (SSSR count). The van der Waals surface area contributed by atoms with Gasteiger partial charge in [-0.2, -0.15) is 0 Å². The first kappa shape index (κ1) is 14.8. The van der Waals surface area contributed by atoms with E-state index >= 15 is 0 Å². The lowest BCUT2D eigenvalue weighted by Crippen LogP contribution is -1.97. The van der Waals surface area contributed by atoms with Crippen molar-refractivity contribution in [3.63, 3.8) is 0 Å². The van der Waals surface area contributed by atoms with Crippen LogP contribution in [0, 0.1) is 10.1 Å². The molecule has 0 aliphatic heterocycles. The van der Waals surface area contributed by atoms with E-state index in [9.17, 15) is 10.1 Å². The summed E-state index contributed by atoms with van der Waals surface area (Å²) in [7, 11) is 0. The maximum Gasteiger partial charge on any atom is 0.272 e. The van der Waals surface area contributed by atoms with Crippen molar-refractivity contribution < 1.29 is 9.66 Å². The van der Waals surface area contributed by atoms with Crippen LogP contribution in [0.3, 0.4) is 0 Å². The summed E-state index contributed by atoms with van der Waals surface area (Å²) in [6.07, 6.45) is 1.49. The summed E-state index contributed by atoms with van der Waals surface area (Å²) in [5.41, 5.74) is 5.77. The molecule has 1 aromatic heterocycles. The second-order valence-electron chi connectivity index (χ2n) is 3.65. The SMILES string of the molecule is Nc1cc(Br)cnc1Oc1c(Cl)cc([N+](=O)[O-])cc1Cl. The molecule has 2 N–H and O–H groups in total. The first-order valence-corrected chi connectivity index (χ1v) is 6.65. The van der Waals surface area contributed by atoms with Gasteiger partial charge in [0.05, 0.1) is 20.7 Å². The number of pyridine rings is 1. The van der Waals surface area contributed by atoms with Gasteiger partial charge in [-0.05, 0) is 22.0 Å². The summed E-state index contributed by atoms with van der Waals surface area (Å²) in [5.74, 6) is 0.159. The van der Waals surface area contributed by atoms with E-state index in [4.69, 9.17) is 33.7 Å². The molecule has 0 aliphatic carbocycles. The van der Waals surface area contributed by atoms with Crippen molar-refractivity contribution in [3.05, 3.63) is 49.0 Å². The van der Waals surface area contributed by atoms with Gasteiger partial charge in [0, 0.05) is 22.8 Å². The summed E-state index contributed by atoms with van der Waals surface area (Å²) in [4.78, 5) is 14.0. The number of nitrogen functional groups attached to an aromatic ring is 1. The van der Waals surface area contributed by atoms with Gasteiger partial charge in [-0.25, -0.2) is 4.98 Å². The van der Waals surface area contributed by atoms with Crippen LogP contribution in [-0.4, -0.2) is 9.91 Å². The zero-order valence-electron chi connectivity index (χ0n) is 9.64. The maximum atomic E-state index is 10.7. The lowest BCUT2D eigenvalue weighted by molar-refractivity contribution is -0.384. The number of nitro groups is 1. The van der Waals surface area contributed by atoms with Crippen LogP contribution in [-0.2, 0) is 0 Å². The molecule has 20 heavy (non-hydrogen) atoms. The van der Waals surface area contributed by atoms with Crippen molar-refractivity contribution in [3.8, 4) is 11.6 Å². The Labute approximate surface area is 131 Å². The number of nitrogens with zero attached hydrogens (tertiary/aromatic N) is 2. The van der Waals surface area contributed by atoms with Crippen LogP contribution in [0.4, 0.5) is 11.4 Å². The van der Waals surface area contributed by atoms with Crippen molar-refractivity contribution in [1.82, 2.24) is 4.98 Å². The van der Waals surface area contributed by atoms with Crippen LogP contribution in [0.2, 0.25) is 10.0 Å². The number of non-ortho nitro benzene ring substituents is 1. The molecule has 0 atom stereocenters. The fraction of sp³-hybridized carbons (Fsp3) is 0. The molecular formula is C11H6BrCl2N3O3. The number of rotatable bonds is 3. The fourth-order valence-corrected chi connectivity index (χ4v) is 2.28. The molecule has 0 bridgehead atoms. The summed E-state index contributed by atoms with van der Waals surface area (Å²) in [6.45, 7) is 0. The largest absolute Gasteiger partial charge is 0.434 e. The van der Waals surface area contributed by atoms with E-state index in [0.29, 0.717) is 4.47 Å². The smallest absolute Gasteiger partial charge is 0.272 e. The molecule has 0 saturated heterocycles. The van der Waals surface area contributed by atoms with E-state index in [2.05, 4.69) is 20.9 Å².